The van der Waals surface area contributed by atoms with Gasteiger partial charge in [0.15, 0.2) is 0 Å². The summed E-state index contributed by atoms with van der Waals surface area (Å²) in [6.07, 6.45) is 59.2. The average molecular weight is 961 g/mol. The molecule has 0 saturated carbocycles. The number of carbonyl (C=O) groups excluding carboxylic acids is 3. The Kier molecular flexibility index (Phi) is 53.5. The van der Waals surface area contributed by atoms with Gasteiger partial charge in [0.1, 0.15) is 0 Å². The lowest BCUT2D eigenvalue weighted by atomic mass is 9.95. The molecule has 0 N–H and O–H groups in total. The van der Waals surface area contributed by atoms with E-state index in [9.17, 15) is 14.4 Å². The highest BCUT2D eigenvalue weighted by molar-refractivity contribution is 5.69. The summed E-state index contributed by atoms with van der Waals surface area (Å²) in [5.74, 6) is 1.07. The predicted molar refractivity (Wildman–Crippen MR) is 295 cm³/mol. The van der Waals surface area contributed by atoms with Crippen molar-refractivity contribution < 1.29 is 23.9 Å². The third kappa shape index (κ3) is 46.8. The predicted octanol–water partition coefficient (Wildman–Crippen LogP) is 20.0. The van der Waals surface area contributed by atoms with Crippen molar-refractivity contribution in [3.05, 3.63) is 0 Å². The summed E-state index contributed by atoms with van der Waals surface area (Å²) in [5.41, 5.74) is 0. The van der Waals surface area contributed by atoms with Crippen LogP contribution in [-0.4, -0.2) is 49.0 Å². The number of hydrogen-bond acceptors (Lipinski definition) is 5. The third-order valence-corrected chi connectivity index (χ3v) is 15.0. The minimum Gasteiger partial charge on any atom is -0.465 e. The number of carbonyl (C=O) groups is 3. The summed E-state index contributed by atoms with van der Waals surface area (Å²) in [5, 5.41) is 0. The first-order chi connectivity index (χ1) is 33.4. The van der Waals surface area contributed by atoms with Gasteiger partial charge in [-0.15, -0.1) is 0 Å². The first-order valence-electron chi connectivity index (χ1n) is 31.0. The molecule has 2 atom stereocenters. The van der Waals surface area contributed by atoms with Gasteiger partial charge < -0.3 is 14.4 Å². The highest BCUT2D eigenvalue weighted by Crippen LogP contribution is 2.23. The van der Waals surface area contributed by atoms with Crippen LogP contribution in [0, 0.1) is 11.8 Å². The molecule has 0 radical (unpaired) electrons. The fourth-order valence-electron chi connectivity index (χ4n) is 10.3. The summed E-state index contributed by atoms with van der Waals surface area (Å²) < 4.78 is 11.7. The van der Waals surface area contributed by atoms with Crippen molar-refractivity contribution in [3.63, 3.8) is 0 Å². The van der Waals surface area contributed by atoms with Crippen LogP contribution in [0.2, 0.25) is 0 Å². The summed E-state index contributed by atoms with van der Waals surface area (Å²) in [4.78, 5) is 40.0. The molecule has 0 aliphatic heterocycles. The van der Waals surface area contributed by atoms with Gasteiger partial charge in [-0.3, -0.25) is 14.4 Å². The first-order valence-corrected chi connectivity index (χ1v) is 31.0. The van der Waals surface area contributed by atoms with Crippen LogP contribution in [0.25, 0.3) is 0 Å². The highest BCUT2D eigenvalue weighted by Gasteiger charge is 2.17. The first kappa shape index (κ1) is 66.4. The molecule has 6 heteroatoms. The van der Waals surface area contributed by atoms with Gasteiger partial charge >= 0.3 is 11.9 Å². The molecule has 0 heterocycles. The van der Waals surface area contributed by atoms with Crippen molar-refractivity contribution in [2.24, 2.45) is 11.8 Å². The standard InChI is InChI=1S/C62H121NO5/c1-6-11-16-21-24-29-36-45-54-63(57-64)60(50-41-32-25-27-34-43-52-61(65)67-55-58(46-37-19-14-9-4)48-39-30-22-17-12-7-2)51-42-33-26-28-35-44-53-62(66)68-56-59(47-38-20-15-10-5)49-40-31-23-18-13-8-3/h57-60H,6-56H2,1-5H3. The smallest absolute Gasteiger partial charge is 0.305 e. The zero-order valence-electron chi connectivity index (χ0n) is 46.9. The Morgan fingerprint density at radius 1 is 0.338 bits per heavy atom. The molecule has 0 aromatic carbocycles. The third-order valence-electron chi connectivity index (χ3n) is 15.0. The van der Waals surface area contributed by atoms with Crippen molar-refractivity contribution in [1.82, 2.24) is 4.90 Å². The van der Waals surface area contributed by atoms with E-state index < -0.39 is 0 Å². The molecule has 0 bridgehead atoms. The second-order valence-electron chi connectivity index (χ2n) is 21.7. The lowest BCUT2D eigenvalue weighted by molar-refractivity contribution is -0.146. The minimum absolute atomic E-state index is 0.00504. The Morgan fingerprint density at radius 2 is 0.588 bits per heavy atom. The second-order valence-corrected chi connectivity index (χ2v) is 21.7. The SMILES string of the molecule is CCCCCCCCCCN(C=O)C(CCCCCCCCC(=O)OCC(CCCCCC)CCCCCCCC)CCCCCCCCC(=O)OCC(CCCCCC)CCCCCCCC. The van der Waals surface area contributed by atoms with Crippen molar-refractivity contribution in [1.29, 1.82) is 0 Å². The number of amides is 1. The average Bonchev–Trinajstić information content (AvgIpc) is 3.34. The van der Waals surface area contributed by atoms with Crippen LogP contribution in [0.3, 0.4) is 0 Å². The van der Waals surface area contributed by atoms with Crippen molar-refractivity contribution in [2.75, 3.05) is 19.8 Å². The quantitative estimate of drug-likeness (QED) is 0.0345. The topological polar surface area (TPSA) is 72.9 Å². The Hall–Kier alpha value is -1.59. The van der Waals surface area contributed by atoms with Gasteiger partial charge in [-0.25, -0.2) is 0 Å². The number of esters is 2. The van der Waals surface area contributed by atoms with Crippen LogP contribution in [0.1, 0.15) is 343 Å². The van der Waals surface area contributed by atoms with Crippen molar-refractivity contribution in [3.8, 4) is 0 Å². The van der Waals surface area contributed by atoms with Crippen molar-refractivity contribution >= 4 is 18.3 Å². The van der Waals surface area contributed by atoms with Crippen LogP contribution in [0.4, 0.5) is 0 Å². The fraction of sp³-hybridized carbons (Fsp3) is 0.952. The Morgan fingerprint density at radius 3 is 0.897 bits per heavy atom. The maximum atomic E-state index is 12.7. The molecule has 0 saturated heterocycles. The van der Waals surface area contributed by atoms with E-state index in [2.05, 4.69) is 39.5 Å². The summed E-state index contributed by atoms with van der Waals surface area (Å²) >= 11 is 0. The molecule has 404 valence electrons. The van der Waals surface area contributed by atoms with E-state index in [4.69, 9.17) is 9.47 Å². The van der Waals surface area contributed by atoms with E-state index in [0.717, 1.165) is 57.9 Å². The summed E-state index contributed by atoms with van der Waals surface area (Å²) in [7, 11) is 0. The van der Waals surface area contributed by atoms with E-state index in [1.165, 1.54) is 250 Å². The second kappa shape index (κ2) is 54.7. The molecular weight excluding hydrogens is 839 g/mol. The van der Waals surface area contributed by atoms with Crippen LogP contribution in [0.15, 0.2) is 0 Å². The number of nitrogens with zero attached hydrogens (tertiary/aromatic N) is 1. The van der Waals surface area contributed by atoms with E-state index in [-0.39, 0.29) is 11.9 Å². The van der Waals surface area contributed by atoms with Crippen LogP contribution < -0.4 is 0 Å². The molecule has 68 heavy (non-hydrogen) atoms. The number of unbranched alkanes of at least 4 members (excludes halogenated alkanes) is 33. The number of hydrogen-bond donors (Lipinski definition) is 0. The molecule has 0 aromatic rings. The summed E-state index contributed by atoms with van der Waals surface area (Å²) in [6, 6.07) is 0.342. The van der Waals surface area contributed by atoms with E-state index in [0.29, 0.717) is 43.9 Å². The van der Waals surface area contributed by atoms with E-state index in [1.807, 2.05) is 0 Å². The Labute approximate surface area is 425 Å². The lowest BCUT2D eigenvalue weighted by Crippen LogP contribution is -2.35. The van der Waals surface area contributed by atoms with Gasteiger partial charge in [0, 0.05) is 25.4 Å². The van der Waals surface area contributed by atoms with Gasteiger partial charge in [-0.05, 0) is 69.6 Å². The molecule has 0 aromatic heterocycles. The normalized spacial score (nSPS) is 12.8. The minimum atomic E-state index is 0.00504. The van der Waals surface area contributed by atoms with Crippen LogP contribution in [-0.2, 0) is 23.9 Å². The maximum Gasteiger partial charge on any atom is 0.305 e. The molecule has 0 spiro atoms. The zero-order chi connectivity index (χ0) is 49.6. The monoisotopic (exact) mass is 960 g/mol. The molecule has 0 fully saturated rings. The molecule has 0 aliphatic carbocycles. The van der Waals surface area contributed by atoms with Gasteiger partial charge in [0.25, 0.3) is 0 Å². The van der Waals surface area contributed by atoms with E-state index in [1.54, 1.807) is 0 Å². The van der Waals surface area contributed by atoms with Gasteiger partial charge in [-0.1, -0.05) is 272 Å². The molecule has 1 amide bonds. The Bertz CT molecular complexity index is 971. The molecule has 6 nitrogen and oxygen atoms in total. The molecule has 0 aliphatic rings. The van der Waals surface area contributed by atoms with Crippen molar-refractivity contribution in [2.45, 2.75) is 349 Å². The van der Waals surface area contributed by atoms with Gasteiger partial charge in [-0.2, -0.15) is 0 Å². The lowest BCUT2D eigenvalue weighted by Gasteiger charge is -2.29. The van der Waals surface area contributed by atoms with E-state index >= 15 is 0 Å². The molecule has 2 unspecified atom stereocenters. The van der Waals surface area contributed by atoms with Crippen LogP contribution in [0.5, 0.6) is 0 Å². The zero-order valence-corrected chi connectivity index (χ0v) is 46.9. The summed E-state index contributed by atoms with van der Waals surface area (Å²) in [6.45, 7) is 13.5. The maximum absolute atomic E-state index is 12.7. The van der Waals surface area contributed by atoms with Crippen LogP contribution >= 0.6 is 0 Å². The fourth-order valence-corrected chi connectivity index (χ4v) is 10.3. The molecule has 0 rings (SSSR count). The number of rotatable bonds is 57. The Balaban J connectivity index is 4.64. The van der Waals surface area contributed by atoms with Gasteiger partial charge in [0.05, 0.1) is 13.2 Å². The number of ether oxygens (including phenoxy) is 2. The highest BCUT2D eigenvalue weighted by atomic mass is 16.5. The van der Waals surface area contributed by atoms with Gasteiger partial charge in [0.2, 0.25) is 6.41 Å². The molecular formula is C62H121NO5. The largest absolute Gasteiger partial charge is 0.465 e.